The van der Waals surface area contributed by atoms with E-state index >= 15 is 0 Å². The van der Waals surface area contributed by atoms with Gasteiger partial charge in [0.25, 0.3) is 17.7 Å². The number of nitrogens with zero attached hydrogens (tertiary/aromatic N) is 2. The van der Waals surface area contributed by atoms with Gasteiger partial charge in [0.1, 0.15) is 5.75 Å². The standard InChI is InChI=1S/C32H37N5O4/c1-41-27-9-5-8-24(20-27)32(40)37-18-16-36(17-19-37)29-15-10-23(31(39)34-26-13-11-25(33)12-14-26)21-28(29)35-30(38)22-6-3-2-4-7-22/h2-10,15,20-21,25-26H,11-14,16-19,33H2,1H3,(H,34,39)(H,35,38). The number of hydrogen-bond donors (Lipinski definition) is 3. The van der Waals surface area contributed by atoms with Crippen LogP contribution in [-0.2, 0) is 0 Å². The lowest BCUT2D eigenvalue weighted by Gasteiger charge is -2.37. The lowest BCUT2D eigenvalue weighted by Crippen LogP contribution is -2.49. The predicted molar refractivity (Wildman–Crippen MR) is 160 cm³/mol. The van der Waals surface area contributed by atoms with Crippen LogP contribution < -0.4 is 26.0 Å². The molecule has 1 saturated heterocycles. The molecule has 41 heavy (non-hydrogen) atoms. The van der Waals surface area contributed by atoms with Gasteiger partial charge >= 0.3 is 0 Å². The van der Waals surface area contributed by atoms with Gasteiger partial charge in [0.15, 0.2) is 0 Å². The molecule has 3 aromatic carbocycles. The maximum Gasteiger partial charge on any atom is 0.255 e. The molecule has 3 aromatic rings. The molecule has 9 heteroatoms. The lowest BCUT2D eigenvalue weighted by atomic mass is 9.91. The van der Waals surface area contributed by atoms with Gasteiger partial charge < -0.3 is 30.9 Å². The topological polar surface area (TPSA) is 117 Å². The summed E-state index contributed by atoms with van der Waals surface area (Å²) in [7, 11) is 1.58. The summed E-state index contributed by atoms with van der Waals surface area (Å²) in [5.41, 5.74) is 8.99. The Morgan fingerprint density at radius 1 is 0.780 bits per heavy atom. The van der Waals surface area contributed by atoms with Crippen molar-refractivity contribution in [3.63, 3.8) is 0 Å². The highest BCUT2D eigenvalue weighted by atomic mass is 16.5. The molecule has 0 atom stereocenters. The number of hydrogen-bond acceptors (Lipinski definition) is 6. The molecule has 0 aromatic heterocycles. The molecule has 1 saturated carbocycles. The van der Waals surface area contributed by atoms with Gasteiger partial charge in [0.05, 0.1) is 18.5 Å². The molecule has 9 nitrogen and oxygen atoms in total. The number of carbonyl (C=O) groups excluding carboxylic acids is 3. The van der Waals surface area contributed by atoms with Gasteiger partial charge in [-0.2, -0.15) is 0 Å². The van der Waals surface area contributed by atoms with Crippen molar-refractivity contribution in [2.45, 2.75) is 37.8 Å². The summed E-state index contributed by atoms with van der Waals surface area (Å²) in [5, 5.41) is 6.16. The quantitative estimate of drug-likeness (QED) is 0.407. The molecule has 0 unspecified atom stereocenters. The van der Waals surface area contributed by atoms with Crippen LogP contribution in [0.15, 0.2) is 72.8 Å². The minimum absolute atomic E-state index is 0.0446. The summed E-state index contributed by atoms with van der Waals surface area (Å²) in [4.78, 5) is 43.4. The Labute approximate surface area is 240 Å². The number of piperazine rings is 1. The highest BCUT2D eigenvalue weighted by Gasteiger charge is 2.26. The van der Waals surface area contributed by atoms with E-state index in [1.807, 2.05) is 41.3 Å². The molecule has 4 N–H and O–H groups in total. The maximum atomic E-state index is 13.2. The van der Waals surface area contributed by atoms with Gasteiger partial charge in [-0.3, -0.25) is 14.4 Å². The van der Waals surface area contributed by atoms with E-state index in [0.717, 1.165) is 31.4 Å². The number of methoxy groups -OCH3 is 1. The van der Waals surface area contributed by atoms with E-state index in [1.165, 1.54) is 0 Å². The van der Waals surface area contributed by atoms with Crippen LogP contribution >= 0.6 is 0 Å². The van der Waals surface area contributed by atoms with Gasteiger partial charge in [-0.25, -0.2) is 0 Å². The molecule has 1 aliphatic carbocycles. The summed E-state index contributed by atoms with van der Waals surface area (Å²) in [6.07, 6.45) is 3.52. The summed E-state index contributed by atoms with van der Waals surface area (Å²) in [5.74, 6) is 0.180. The van der Waals surface area contributed by atoms with E-state index in [0.29, 0.717) is 54.3 Å². The van der Waals surface area contributed by atoms with Crippen LogP contribution in [0.1, 0.15) is 56.8 Å². The molecule has 1 aliphatic heterocycles. The number of amides is 3. The zero-order valence-electron chi connectivity index (χ0n) is 23.3. The van der Waals surface area contributed by atoms with Gasteiger partial charge in [0.2, 0.25) is 0 Å². The fraction of sp³-hybridized carbons (Fsp3) is 0.344. The average molecular weight is 556 g/mol. The van der Waals surface area contributed by atoms with Gasteiger partial charge in [0, 0.05) is 55.0 Å². The summed E-state index contributed by atoms with van der Waals surface area (Å²) in [6, 6.07) is 21.9. The second-order valence-corrected chi connectivity index (χ2v) is 10.6. The Morgan fingerprint density at radius 3 is 2.20 bits per heavy atom. The fourth-order valence-electron chi connectivity index (χ4n) is 5.46. The molecule has 0 radical (unpaired) electrons. The number of benzene rings is 3. The van der Waals surface area contributed by atoms with Crippen molar-refractivity contribution in [3.8, 4) is 5.75 Å². The molecule has 1 heterocycles. The molecular formula is C32H37N5O4. The zero-order chi connectivity index (χ0) is 28.8. The van der Waals surface area contributed by atoms with E-state index in [4.69, 9.17) is 10.5 Å². The smallest absolute Gasteiger partial charge is 0.255 e. The number of carbonyl (C=O) groups is 3. The molecule has 2 aliphatic rings. The first-order chi connectivity index (χ1) is 19.9. The van der Waals surface area contributed by atoms with Crippen LogP contribution in [0.4, 0.5) is 11.4 Å². The van der Waals surface area contributed by atoms with Crippen LogP contribution in [-0.4, -0.2) is 68.0 Å². The van der Waals surface area contributed by atoms with Crippen LogP contribution in [0.2, 0.25) is 0 Å². The number of ether oxygens (including phenoxy) is 1. The van der Waals surface area contributed by atoms with E-state index < -0.39 is 0 Å². The molecule has 3 amide bonds. The van der Waals surface area contributed by atoms with Crippen LogP contribution in [0.3, 0.4) is 0 Å². The van der Waals surface area contributed by atoms with E-state index in [9.17, 15) is 14.4 Å². The van der Waals surface area contributed by atoms with E-state index in [-0.39, 0.29) is 29.8 Å². The predicted octanol–water partition coefficient (Wildman–Crippen LogP) is 3.91. The molecule has 214 valence electrons. The number of nitrogens with one attached hydrogen (secondary N) is 2. The highest BCUT2D eigenvalue weighted by Crippen LogP contribution is 2.30. The van der Waals surface area contributed by atoms with Gasteiger partial charge in [-0.05, 0) is 74.2 Å². The third-order valence-electron chi connectivity index (χ3n) is 7.87. The molecule has 0 bridgehead atoms. The lowest BCUT2D eigenvalue weighted by molar-refractivity contribution is 0.0746. The summed E-state index contributed by atoms with van der Waals surface area (Å²) < 4.78 is 5.27. The van der Waals surface area contributed by atoms with Crippen LogP contribution in [0, 0.1) is 0 Å². The SMILES string of the molecule is COc1cccc(C(=O)N2CCN(c3ccc(C(=O)NC4CCC(N)CC4)cc3NC(=O)c3ccccc3)CC2)c1. The third kappa shape index (κ3) is 6.86. The monoisotopic (exact) mass is 555 g/mol. The van der Waals surface area contributed by atoms with Crippen LogP contribution in [0.25, 0.3) is 0 Å². The first-order valence-electron chi connectivity index (χ1n) is 14.2. The molecule has 5 rings (SSSR count). The Kier molecular flexibility index (Phi) is 8.84. The van der Waals surface area contributed by atoms with Crippen molar-refractivity contribution < 1.29 is 19.1 Å². The fourth-order valence-corrected chi connectivity index (χ4v) is 5.46. The molecule has 0 spiro atoms. The largest absolute Gasteiger partial charge is 0.497 e. The third-order valence-corrected chi connectivity index (χ3v) is 7.87. The van der Waals surface area contributed by atoms with Crippen LogP contribution in [0.5, 0.6) is 5.75 Å². The minimum Gasteiger partial charge on any atom is -0.497 e. The van der Waals surface area contributed by atoms with Crippen molar-refractivity contribution in [1.29, 1.82) is 0 Å². The minimum atomic E-state index is -0.252. The number of rotatable bonds is 7. The molecular weight excluding hydrogens is 518 g/mol. The van der Waals surface area contributed by atoms with E-state index in [2.05, 4.69) is 15.5 Å². The number of nitrogens with two attached hydrogens (primary N) is 1. The van der Waals surface area contributed by atoms with Crippen molar-refractivity contribution in [3.05, 3.63) is 89.5 Å². The summed E-state index contributed by atoms with van der Waals surface area (Å²) in [6.45, 7) is 2.21. The number of anilines is 2. The highest BCUT2D eigenvalue weighted by molar-refractivity contribution is 6.07. The Hall–Kier alpha value is -4.37. The van der Waals surface area contributed by atoms with Gasteiger partial charge in [-0.15, -0.1) is 0 Å². The molecule has 2 fully saturated rings. The van der Waals surface area contributed by atoms with Crippen molar-refractivity contribution in [1.82, 2.24) is 10.2 Å². The first kappa shape index (κ1) is 28.2. The normalized spacial score (nSPS) is 18.9. The zero-order valence-corrected chi connectivity index (χ0v) is 23.3. The second kappa shape index (κ2) is 12.9. The maximum absolute atomic E-state index is 13.2. The van der Waals surface area contributed by atoms with E-state index in [1.54, 1.807) is 43.5 Å². The van der Waals surface area contributed by atoms with Crippen molar-refractivity contribution in [2.75, 3.05) is 43.5 Å². The van der Waals surface area contributed by atoms with Crippen molar-refractivity contribution >= 4 is 29.1 Å². The van der Waals surface area contributed by atoms with Crippen molar-refractivity contribution in [2.24, 2.45) is 5.73 Å². The Bertz CT molecular complexity index is 1380. The Balaban J connectivity index is 1.32. The van der Waals surface area contributed by atoms with Gasteiger partial charge in [-0.1, -0.05) is 24.3 Å². The Morgan fingerprint density at radius 2 is 1.49 bits per heavy atom. The first-order valence-corrected chi connectivity index (χ1v) is 14.2. The average Bonchev–Trinajstić information content (AvgIpc) is 3.02. The summed E-state index contributed by atoms with van der Waals surface area (Å²) >= 11 is 0. The second-order valence-electron chi connectivity index (χ2n) is 10.6.